The smallest absolute Gasteiger partial charge is 0.266 e. The zero-order valence-corrected chi connectivity index (χ0v) is 8.97. The molecule has 0 amide bonds. The molecule has 3 nitrogen and oxygen atoms in total. The van der Waals surface area contributed by atoms with Gasteiger partial charge < -0.3 is 10.1 Å². The Morgan fingerprint density at radius 1 is 1.50 bits per heavy atom. The Kier molecular flexibility index (Phi) is 2.62. The van der Waals surface area contributed by atoms with E-state index in [1.54, 1.807) is 0 Å². The molecule has 0 spiro atoms. The van der Waals surface area contributed by atoms with E-state index in [1.165, 1.54) is 29.5 Å². The Labute approximate surface area is 93.8 Å². The van der Waals surface area contributed by atoms with Crippen LogP contribution in [-0.4, -0.2) is 10.1 Å². The molecule has 0 atom stereocenters. The molecule has 1 aromatic carbocycles. The second kappa shape index (κ2) is 3.94. The number of aromatic hydroxyl groups is 1. The number of benzene rings is 1. The summed E-state index contributed by atoms with van der Waals surface area (Å²) in [7, 11) is 0. The van der Waals surface area contributed by atoms with Gasteiger partial charge in [0, 0.05) is 11.6 Å². The highest BCUT2D eigenvalue weighted by Crippen LogP contribution is 2.18. The van der Waals surface area contributed by atoms with Crippen LogP contribution in [0.25, 0.3) is 12.7 Å². The SMILES string of the molecule is C=c1[nH]c(=O)/c(=C/c2ccc(F)cc2O)s1. The Balaban J connectivity index is 2.63. The monoisotopic (exact) mass is 237 g/mol. The van der Waals surface area contributed by atoms with Crippen molar-refractivity contribution in [3.8, 4) is 5.75 Å². The van der Waals surface area contributed by atoms with Gasteiger partial charge >= 0.3 is 0 Å². The standard InChI is InChI=1S/C11H8FNO2S/c1-6-13-11(15)10(16-6)4-7-2-3-8(12)5-9(7)14/h2-5,14H,1H2,(H,13,15)/b10-4-. The maximum absolute atomic E-state index is 12.7. The van der Waals surface area contributed by atoms with E-state index in [0.717, 1.165) is 6.07 Å². The summed E-state index contributed by atoms with van der Waals surface area (Å²) < 4.78 is 13.7. The van der Waals surface area contributed by atoms with Crippen LogP contribution in [0.5, 0.6) is 5.75 Å². The summed E-state index contributed by atoms with van der Waals surface area (Å²) in [4.78, 5) is 13.9. The van der Waals surface area contributed by atoms with Crippen molar-refractivity contribution in [2.45, 2.75) is 0 Å². The number of hydrogen-bond donors (Lipinski definition) is 2. The van der Waals surface area contributed by atoms with Crippen molar-refractivity contribution < 1.29 is 9.50 Å². The van der Waals surface area contributed by atoms with E-state index in [2.05, 4.69) is 11.6 Å². The van der Waals surface area contributed by atoms with E-state index >= 15 is 0 Å². The molecule has 0 fully saturated rings. The molecule has 0 unspecified atom stereocenters. The van der Waals surface area contributed by atoms with Gasteiger partial charge in [0.25, 0.3) is 5.56 Å². The molecule has 1 heterocycles. The molecule has 2 N–H and O–H groups in total. The van der Waals surface area contributed by atoms with Crippen molar-refractivity contribution in [3.63, 3.8) is 0 Å². The van der Waals surface area contributed by atoms with E-state index in [9.17, 15) is 14.3 Å². The second-order valence-electron chi connectivity index (χ2n) is 3.19. The summed E-state index contributed by atoms with van der Waals surface area (Å²) in [6, 6.07) is 3.63. The van der Waals surface area contributed by atoms with E-state index in [1.807, 2.05) is 0 Å². The van der Waals surface area contributed by atoms with Gasteiger partial charge in [-0.3, -0.25) is 4.79 Å². The highest BCUT2D eigenvalue weighted by molar-refractivity contribution is 7.07. The van der Waals surface area contributed by atoms with Crippen molar-refractivity contribution >= 4 is 24.0 Å². The number of halogens is 1. The quantitative estimate of drug-likeness (QED) is 0.759. The highest BCUT2D eigenvalue weighted by Gasteiger charge is 2.00. The van der Waals surface area contributed by atoms with Crippen molar-refractivity contribution in [3.05, 3.63) is 49.1 Å². The Morgan fingerprint density at radius 3 is 2.81 bits per heavy atom. The Hall–Kier alpha value is -1.88. The van der Waals surface area contributed by atoms with E-state index in [-0.39, 0.29) is 11.3 Å². The van der Waals surface area contributed by atoms with E-state index < -0.39 is 5.82 Å². The maximum atomic E-state index is 12.7. The molecule has 16 heavy (non-hydrogen) atoms. The lowest BCUT2D eigenvalue weighted by Gasteiger charge is -1.96. The fraction of sp³-hybridized carbons (Fsp3) is 0. The van der Waals surface area contributed by atoms with Crippen molar-refractivity contribution in [1.82, 2.24) is 4.98 Å². The molecule has 0 aliphatic rings. The molecule has 0 aliphatic heterocycles. The van der Waals surface area contributed by atoms with Crippen LogP contribution in [-0.2, 0) is 0 Å². The average molecular weight is 237 g/mol. The molecule has 0 bridgehead atoms. The van der Waals surface area contributed by atoms with Gasteiger partial charge in [-0.1, -0.05) is 6.58 Å². The van der Waals surface area contributed by atoms with Crippen LogP contribution in [0.4, 0.5) is 4.39 Å². The van der Waals surface area contributed by atoms with Gasteiger partial charge in [-0.25, -0.2) is 4.39 Å². The van der Waals surface area contributed by atoms with Crippen LogP contribution >= 0.6 is 11.3 Å². The normalized spacial score (nSPS) is 11.9. The number of phenolic OH excluding ortho intramolecular Hbond substituents is 1. The van der Waals surface area contributed by atoms with Crippen LogP contribution in [0.3, 0.4) is 0 Å². The summed E-state index contributed by atoms with van der Waals surface area (Å²) in [5.41, 5.74) is 0.132. The number of phenols is 1. The summed E-state index contributed by atoms with van der Waals surface area (Å²) in [5.74, 6) is -0.717. The minimum Gasteiger partial charge on any atom is -0.507 e. The zero-order chi connectivity index (χ0) is 11.7. The third kappa shape index (κ3) is 2.04. The van der Waals surface area contributed by atoms with Crippen LogP contribution < -0.4 is 14.8 Å². The van der Waals surface area contributed by atoms with Gasteiger partial charge in [-0.15, -0.1) is 11.3 Å². The molecule has 1 aromatic heterocycles. The van der Waals surface area contributed by atoms with Crippen molar-refractivity contribution in [2.24, 2.45) is 0 Å². The lowest BCUT2D eigenvalue weighted by molar-refractivity contribution is 0.468. The number of rotatable bonds is 1. The molecule has 0 radical (unpaired) electrons. The molecule has 5 heteroatoms. The topological polar surface area (TPSA) is 53.1 Å². The van der Waals surface area contributed by atoms with Gasteiger partial charge in [0.1, 0.15) is 11.6 Å². The molecular weight excluding hydrogens is 229 g/mol. The predicted octanol–water partition coefficient (Wildman–Crippen LogP) is 0.520. The van der Waals surface area contributed by atoms with Crippen LogP contribution in [0.2, 0.25) is 0 Å². The summed E-state index contributed by atoms with van der Waals surface area (Å²) in [6.45, 7) is 3.60. The van der Waals surface area contributed by atoms with Gasteiger partial charge in [0.2, 0.25) is 0 Å². The van der Waals surface area contributed by atoms with Gasteiger partial charge in [0.05, 0.1) is 9.20 Å². The Bertz CT molecular complexity index is 687. The van der Waals surface area contributed by atoms with Crippen LogP contribution in [0.15, 0.2) is 23.0 Å². The second-order valence-corrected chi connectivity index (χ2v) is 4.33. The van der Waals surface area contributed by atoms with Crippen LogP contribution in [0, 0.1) is 5.82 Å². The van der Waals surface area contributed by atoms with E-state index in [0.29, 0.717) is 14.8 Å². The maximum Gasteiger partial charge on any atom is 0.266 e. The predicted molar refractivity (Wildman–Crippen MR) is 61.3 cm³/mol. The van der Waals surface area contributed by atoms with Gasteiger partial charge in [0.15, 0.2) is 0 Å². The first-order valence-electron chi connectivity index (χ1n) is 4.44. The molecule has 0 saturated heterocycles. The third-order valence-electron chi connectivity index (χ3n) is 1.99. The van der Waals surface area contributed by atoms with Gasteiger partial charge in [-0.2, -0.15) is 0 Å². The molecule has 82 valence electrons. The summed E-state index contributed by atoms with van der Waals surface area (Å²) in [5, 5.41) is 9.46. The molecule has 0 aliphatic carbocycles. The summed E-state index contributed by atoms with van der Waals surface area (Å²) in [6.07, 6.45) is 1.49. The first-order chi connectivity index (χ1) is 7.56. The molecule has 0 saturated carbocycles. The van der Waals surface area contributed by atoms with Crippen molar-refractivity contribution in [2.75, 3.05) is 0 Å². The Morgan fingerprint density at radius 2 is 2.25 bits per heavy atom. The minimum atomic E-state index is -0.521. The lowest BCUT2D eigenvalue weighted by atomic mass is 10.2. The number of hydrogen-bond acceptors (Lipinski definition) is 3. The molecular formula is C11H8FNO2S. The molecule has 2 rings (SSSR count). The highest BCUT2D eigenvalue weighted by atomic mass is 32.1. The minimum absolute atomic E-state index is 0.196. The summed E-state index contributed by atoms with van der Waals surface area (Å²) >= 11 is 1.18. The molecule has 2 aromatic rings. The number of H-pyrrole nitrogens is 1. The average Bonchev–Trinajstić information content (AvgIpc) is 2.50. The third-order valence-corrected chi connectivity index (χ3v) is 2.86. The number of aromatic nitrogens is 1. The number of nitrogens with one attached hydrogen (secondary N) is 1. The number of thiazole rings is 1. The van der Waals surface area contributed by atoms with Crippen LogP contribution in [0.1, 0.15) is 5.56 Å². The number of aromatic amines is 1. The fourth-order valence-electron chi connectivity index (χ4n) is 1.27. The first-order valence-corrected chi connectivity index (χ1v) is 5.26. The van der Waals surface area contributed by atoms with E-state index in [4.69, 9.17) is 0 Å². The largest absolute Gasteiger partial charge is 0.507 e. The van der Waals surface area contributed by atoms with Crippen molar-refractivity contribution in [1.29, 1.82) is 0 Å². The van der Waals surface area contributed by atoms with Gasteiger partial charge in [-0.05, 0) is 18.2 Å². The zero-order valence-electron chi connectivity index (χ0n) is 8.16. The first kappa shape index (κ1) is 10.6. The lowest BCUT2D eigenvalue weighted by Crippen LogP contribution is -2.19. The fourth-order valence-corrected chi connectivity index (χ4v) is 2.01.